The number of hydrogen-bond acceptors (Lipinski definition) is 5. The lowest BCUT2D eigenvalue weighted by atomic mass is 10.2. The first-order valence-corrected chi connectivity index (χ1v) is 6.94. The molecule has 1 heterocycles. The lowest BCUT2D eigenvalue weighted by Crippen LogP contribution is -2.11. The van der Waals surface area contributed by atoms with E-state index in [1.54, 1.807) is 6.07 Å². The Labute approximate surface area is 125 Å². The highest BCUT2D eigenvalue weighted by Crippen LogP contribution is 2.20. The van der Waals surface area contributed by atoms with Crippen LogP contribution in [0.1, 0.15) is 25.1 Å². The number of rotatable bonds is 5. The van der Waals surface area contributed by atoms with Gasteiger partial charge in [0.2, 0.25) is 5.95 Å². The molecule has 0 saturated carbocycles. The van der Waals surface area contributed by atoms with Crippen LogP contribution in [0.25, 0.3) is 0 Å². The number of nitrogens with one attached hydrogen (secondary N) is 2. The fraction of sp³-hybridized carbons (Fsp3) is 0.312. The van der Waals surface area contributed by atoms with E-state index in [4.69, 9.17) is 5.26 Å². The maximum atomic E-state index is 9.12. The molecule has 0 spiro atoms. The Hall–Kier alpha value is -2.61. The van der Waals surface area contributed by atoms with Crippen molar-refractivity contribution in [2.75, 3.05) is 17.2 Å². The molecule has 0 atom stereocenters. The van der Waals surface area contributed by atoms with Crippen molar-refractivity contribution in [3.8, 4) is 6.07 Å². The first-order chi connectivity index (χ1) is 10.1. The van der Waals surface area contributed by atoms with Gasteiger partial charge >= 0.3 is 0 Å². The highest BCUT2D eigenvalue weighted by atomic mass is 15.1. The summed E-state index contributed by atoms with van der Waals surface area (Å²) in [4.78, 5) is 8.80. The summed E-state index contributed by atoms with van der Waals surface area (Å²) in [7, 11) is 0. The van der Waals surface area contributed by atoms with Crippen LogP contribution < -0.4 is 10.6 Å². The van der Waals surface area contributed by atoms with E-state index in [0.717, 1.165) is 17.9 Å². The number of para-hydroxylation sites is 1. The Bertz CT molecular complexity index is 658. The number of nitrogens with zero attached hydrogens (tertiary/aromatic N) is 3. The molecule has 0 fully saturated rings. The molecule has 108 valence electrons. The van der Waals surface area contributed by atoms with Crippen LogP contribution in [0.15, 0.2) is 30.3 Å². The molecule has 0 radical (unpaired) electrons. The van der Waals surface area contributed by atoms with Crippen LogP contribution in [0.5, 0.6) is 0 Å². The molecule has 2 aromatic rings. The van der Waals surface area contributed by atoms with Gasteiger partial charge in [-0.1, -0.05) is 26.0 Å². The van der Waals surface area contributed by atoms with E-state index < -0.39 is 0 Å². The number of anilines is 3. The quantitative estimate of drug-likeness (QED) is 0.877. The first kappa shape index (κ1) is 14.8. The average Bonchev–Trinajstić information content (AvgIpc) is 2.45. The highest BCUT2D eigenvalue weighted by Gasteiger charge is 2.06. The molecule has 5 heteroatoms. The molecule has 0 unspecified atom stereocenters. The maximum Gasteiger partial charge on any atom is 0.224 e. The summed E-state index contributed by atoms with van der Waals surface area (Å²) in [5, 5.41) is 15.5. The molecule has 2 rings (SSSR count). The predicted molar refractivity (Wildman–Crippen MR) is 84.5 cm³/mol. The molecule has 2 N–H and O–H groups in total. The van der Waals surface area contributed by atoms with Crippen LogP contribution in [-0.4, -0.2) is 16.5 Å². The second kappa shape index (κ2) is 6.71. The molecule has 5 nitrogen and oxygen atoms in total. The van der Waals surface area contributed by atoms with E-state index in [0.29, 0.717) is 23.2 Å². The van der Waals surface area contributed by atoms with Crippen molar-refractivity contribution in [1.29, 1.82) is 5.26 Å². The standard InChI is InChI=1S/C16H19N5/c1-11(2)10-18-16-19-12(3)8-15(21-16)20-14-7-5-4-6-13(14)9-17/h4-8,11H,10H2,1-3H3,(H2,18,19,20,21). The summed E-state index contributed by atoms with van der Waals surface area (Å²) in [5.41, 5.74) is 2.20. The fourth-order valence-corrected chi connectivity index (χ4v) is 1.83. The van der Waals surface area contributed by atoms with Gasteiger partial charge in [0.15, 0.2) is 0 Å². The third kappa shape index (κ3) is 4.18. The lowest BCUT2D eigenvalue weighted by Gasteiger charge is -2.11. The van der Waals surface area contributed by atoms with Crippen molar-refractivity contribution in [2.24, 2.45) is 5.92 Å². The Morgan fingerprint density at radius 2 is 2.00 bits per heavy atom. The summed E-state index contributed by atoms with van der Waals surface area (Å²) >= 11 is 0. The number of hydrogen-bond donors (Lipinski definition) is 2. The zero-order valence-electron chi connectivity index (χ0n) is 12.5. The van der Waals surface area contributed by atoms with Crippen LogP contribution in [0.3, 0.4) is 0 Å². The van der Waals surface area contributed by atoms with E-state index in [1.165, 1.54) is 0 Å². The van der Waals surface area contributed by atoms with E-state index >= 15 is 0 Å². The third-order valence-electron chi connectivity index (χ3n) is 2.83. The largest absolute Gasteiger partial charge is 0.354 e. The van der Waals surface area contributed by atoms with Crippen LogP contribution >= 0.6 is 0 Å². The Morgan fingerprint density at radius 1 is 1.24 bits per heavy atom. The first-order valence-electron chi connectivity index (χ1n) is 6.94. The van der Waals surface area contributed by atoms with E-state index in [1.807, 2.05) is 31.2 Å². The Kier molecular flexibility index (Phi) is 4.72. The van der Waals surface area contributed by atoms with Crippen molar-refractivity contribution in [3.63, 3.8) is 0 Å². The summed E-state index contributed by atoms with van der Waals surface area (Å²) in [6, 6.07) is 11.4. The summed E-state index contributed by atoms with van der Waals surface area (Å²) in [5.74, 6) is 1.79. The normalized spacial score (nSPS) is 10.2. The van der Waals surface area contributed by atoms with E-state index in [-0.39, 0.29) is 0 Å². The number of nitriles is 1. The highest BCUT2D eigenvalue weighted by molar-refractivity contribution is 5.65. The Balaban J connectivity index is 2.22. The van der Waals surface area contributed by atoms with Crippen molar-refractivity contribution >= 4 is 17.5 Å². The second-order valence-electron chi connectivity index (χ2n) is 5.28. The van der Waals surface area contributed by atoms with Crippen molar-refractivity contribution in [1.82, 2.24) is 9.97 Å². The topological polar surface area (TPSA) is 73.6 Å². The number of aromatic nitrogens is 2. The minimum absolute atomic E-state index is 0.518. The predicted octanol–water partition coefficient (Wildman–Crippen LogP) is 3.47. The van der Waals surface area contributed by atoms with Gasteiger partial charge < -0.3 is 10.6 Å². The molecule has 1 aromatic heterocycles. The van der Waals surface area contributed by atoms with E-state index in [9.17, 15) is 0 Å². The monoisotopic (exact) mass is 281 g/mol. The fourth-order valence-electron chi connectivity index (χ4n) is 1.83. The van der Waals surface area contributed by atoms with Gasteiger partial charge in [0.25, 0.3) is 0 Å². The zero-order valence-corrected chi connectivity index (χ0v) is 12.5. The smallest absolute Gasteiger partial charge is 0.224 e. The van der Waals surface area contributed by atoms with Gasteiger partial charge in [-0.25, -0.2) is 4.98 Å². The minimum Gasteiger partial charge on any atom is -0.354 e. The van der Waals surface area contributed by atoms with Gasteiger partial charge in [0, 0.05) is 18.3 Å². The second-order valence-corrected chi connectivity index (χ2v) is 5.28. The SMILES string of the molecule is Cc1cc(Nc2ccccc2C#N)nc(NCC(C)C)n1. The van der Waals surface area contributed by atoms with Crippen molar-refractivity contribution < 1.29 is 0 Å². The van der Waals surface area contributed by atoms with Crippen LogP contribution in [0, 0.1) is 24.2 Å². The number of benzene rings is 1. The summed E-state index contributed by atoms with van der Waals surface area (Å²) < 4.78 is 0. The zero-order chi connectivity index (χ0) is 15.2. The molecule has 0 saturated heterocycles. The molecule has 0 aliphatic heterocycles. The van der Waals surface area contributed by atoms with E-state index in [2.05, 4.69) is 40.5 Å². The Morgan fingerprint density at radius 3 is 2.71 bits per heavy atom. The summed E-state index contributed by atoms with van der Waals surface area (Å²) in [6.45, 7) is 7.00. The van der Waals surface area contributed by atoms with Gasteiger partial charge in [0.05, 0.1) is 11.3 Å². The van der Waals surface area contributed by atoms with Gasteiger partial charge in [-0.2, -0.15) is 10.2 Å². The maximum absolute atomic E-state index is 9.12. The van der Waals surface area contributed by atoms with Gasteiger partial charge in [0.1, 0.15) is 11.9 Å². The molecule has 1 aromatic carbocycles. The van der Waals surface area contributed by atoms with Crippen LogP contribution in [0.2, 0.25) is 0 Å². The molecule has 0 aliphatic rings. The van der Waals surface area contributed by atoms with Gasteiger partial charge in [-0.3, -0.25) is 0 Å². The molecule has 0 aliphatic carbocycles. The lowest BCUT2D eigenvalue weighted by molar-refractivity contribution is 0.684. The molecular formula is C16H19N5. The summed E-state index contributed by atoms with van der Waals surface area (Å²) in [6.07, 6.45) is 0. The number of aryl methyl sites for hydroxylation is 1. The molecule has 21 heavy (non-hydrogen) atoms. The average molecular weight is 281 g/mol. The molecule has 0 amide bonds. The van der Waals surface area contributed by atoms with Crippen LogP contribution in [-0.2, 0) is 0 Å². The van der Waals surface area contributed by atoms with Crippen LogP contribution in [0.4, 0.5) is 17.5 Å². The minimum atomic E-state index is 0.518. The van der Waals surface area contributed by atoms with Crippen molar-refractivity contribution in [2.45, 2.75) is 20.8 Å². The van der Waals surface area contributed by atoms with Gasteiger partial charge in [-0.15, -0.1) is 0 Å². The molecule has 0 bridgehead atoms. The van der Waals surface area contributed by atoms with Gasteiger partial charge in [-0.05, 0) is 25.0 Å². The third-order valence-corrected chi connectivity index (χ3v) is 2.83. The van der Waals surface area contributed by atoms with Crippen molar-refractivity contribution in [3.05, 3.63) is 41.6 Å². The molecular weight excluding hydrogens is 262 g/mol.